The van der Waals surface area contributed by atoms with Gasteiger partial charge in [0.2, 0.25) is 0 Å². The fraction of sp³-hybridized carbons (Fsp3) is 1.00. The largest absolute Gasteiger partial charge is 0.396 e. The molecule has 1 aliphatic rings. The van der Waals surface area contributed by atoms with Crippen molar-refractivity contribution in [2.24, 2.45) is 17.8 Å². The lowest BCUT2D eigenvalue weighted by molar-refractivity contribution is 0.0288. The first-order valence-corrected chi connectivity index (χ1v) is 4.94. The van der Waals surface area contributed by atoms with Crippen LogP contribution in [0.4, 0.5) is 0 Å². The van der Waals surface area contributed by atoms with Gasteiger partial charge >= 0.3 is 0 Å². The average molecular weight is 172 g/mol. The highest BCUT2D eigenvalue weighted by Gasteiger charge is 2.28. The molecule has 2 N–H and O–H groups in total. The third-order valence-electron chi connectivity index (χ3n) is 3.29. The van der Waals surface area contributed by atoms with Crippen molar-refractivity contribution < 1.29 is 10.2 Å². The maximum Gasteiger partial charge on any atom is 0.0568 e. The SMILES string of the molecule is C[C@H](CO)[C@H]1CC[C@@H](C)[C@H](O)C1. The van der Waals surface area contributed by atoms with Crippen molar-refractivity contribution in [1.82, 2.24) is 0 Å². The monoisotopic (exact) mass is 172 g/mol. The molecular formula is C10H20O2. The van der Waals surface area contributed by atoms with Gasteiger partial charge in [-0.05, 0) is 37.0 Å². The molecule has 2 heteroatoms. The van der Waals surface area contributed by atoms with Gasteiger partial charge in [0, 0.05) is 6.61 Å². The Balaban J connectivity index is 2.39. The van der Waals surface area contributed by atoms with E-state index in [1.165, 1.54) is 6.42 Å². The van der Waals surface area contributed by atoms with E-state index >= 15 is 0 Å². The molecule has 12 heavy (non-hydrogen) atoms. The maximum atomic E-state index is 9.61. The molecule has 0 heterocycles. The van der Waals surface area contributed by atoms with Crippen molar-refractivity contribution in [3.05, 3.63) is 0 Å². The van der Waals surface area contributed by atoms with Crippen LogP contribution in [-0.4, -0.2) is 22.9 Å². The average Bonchev–Trinajstić information content (AvgIpc) is 2.08. The molecule has 0 bridgehead atoms. The molecule has 1 aliphatic carbocycles. The zero-order chi connectivity index (χ0) is 9.14. The zero-order valence-corrected chi connectivity index (χ0v) is 8.03. The Morgan fingerprint density at radius 3 is 2.58 bits per heavy atom. The zero-order valence-electron chi connectivity index (χ0n) is 8.03. The molecule has 0 spiro atoms. The number of hydrogen-bond donors (Lipinski definition) is 2. The third-order valence-corrected chi connectivity index (χ3v) is 3.29. The van der Waals surface area contributed by atoms with Gasteiger partial charge in [-0.2, -0.15) is 0 Å². The number of hydrogen-bond acceptors (Lipinski definition) is 2. The summed E-state index contributed by atoms with van der Waals surface area (Å²) in [5.74, 6) is 1.33. The Labute approximate surface area is 74.6 Å². The van der Waals surface area contributed by atoms with Crippen molar-refractivity contribution in [3.8, 4) is 0 Å². The maximum absolute atomic E-state index is 9.61. The highest BCUT2D eigenvalue weighted by atomic mass is 16.3. The molecule has 1 fully saturated rings. The first kappa shape index (κ1) is 10.0. The molecule has 0 aliphatic heterocycles. The fourth-order valence-corrected chi connectivity index (χ4v) is 2.00. The summed E-state index contributed by atoms with van der Waals surface area (Å²) in [5, 5.41) is 18.6. The molecule has 72 valence electrons. The van der Waals surface area contributed by atoms with Crippen LogP contribution in [0.5, 0.6) is 0 Å². The van der Waals surface area contributed by atoms with Crippen LogP contribution in [0.15, 0.2) is 0 Å². The summed E-state index contributed by atoms with van der Waals surface area (Å²) in [6, 6.07) is 0. The Kier molecular flexibility index (Phi) is 3.53. The molecule has 4 atom stereocenters. The van der Waals surface area contributed by atoms with E-state index in [2.05, 4.69) is 13.8 Å². The second kappa shape index (κ2) is 4.24. The van der Waals surface area contributed by atoms with Crippen LogP contribution in [-0.2, 0) is 0 Å². The molecular weight excluding hydrogens is 152 g/mol. The topological polar surface area (TPSA) is 40.5 Å². The van der Waals surface area contributed by atoms with E-state index < -0.39 is 0 Å². The molecule has 0 aromatic heterocycles. The summed E-state index contributed by atoms with van der Waals surface area (Å²) in [4.78, 5) is 0. The lowest BCUT2D eigenvalue weighted by Crippen LogP contribution is -2.31. The van der Waals surface area contributed by atoms with Gasteiger partial charge < -0.3 is 10.2 Å². The molecule has 2 nitrogen and oxygen atoms in total. The van der Waals surface area contributed by atoms with Crippen molar-refractivity contribution in [2.75, 3.05) is 6.61 Å². The predicted molar refractivity (Wildman–Crippen MR) is 48.8 cm³/mol. The smallest absolute Gasteiger partial charge is 0.0568 e. The van der Waals surface area contributed by atoms with E-state index in [4.69, 9.17) is 5.11 Å². The minimum Gasteiger partial charge on any atom is -0.396 e. The third kappa shape index (κ3) is 2.20. The van der Waals surface area contributed by atoms with Gasteiger partial charge in [-0.15, -0.1) is 0 Å². The van der Waals surface area contributed by atoms with Crippen LogP contribution < -0.4 is 0 Å². The number of rotatable bonds is 2. The van der Waals surface area contributed by atoms with Gasteiger partial charge in [-0.1, -0.05) is 13.8 Å². The van der Waals surface area contributed by atoms with E-state index in [0.29, 0.717) is 17.8 Å². The van der Waals surface area contributed by atoms with E-state index in [-0.39, 0.29) is 12.7 Å². The van der Waals surface area contributed by atoms with E-state index in [1.54, 1.807) is 0 Å². The summed E-state index contributed by atoms with van der Waals surface area (Å²) in [5.41, 5.74) is 0. The molecule has 0 amide bonds. The summed E-state index contributed by atoms with van der Waals surface area (Å²) >= 11 is 0. The lowest BCUT2D eigenvalue weighted by Gasteiger charge is -2.33. The summed E-state index contributed by atoms with van der Waals surface area (Å²) < 4.78 is 0. The minimum absolute atomic E-state index is 0.141. The van der Waals surface area contributed by atoms with E-state index in [9.17, 15) is 5.11 Å². The molecule has 0 unspecified atom stereocenters. The quantitative estimate of drug-likeness (QED) is 0.661. The number of aliphatic hydroxyl groups is 2. The predicted octanol–water partition coefficient (Wildman–Crippen LogP) is 1.41. The van der Waals surface area contributed by atoms with Crippen LogP contribution in [0.2, 0.25) is 0 Å². The molecule has 0 radical (unpaired) electrons. The van der Waals surface area contributed by atoms with Gasteiger partial charge in [0.05, 0.1) is 6.10 Å². The van der Waals surface area contributed by atoms with Gasteiger partial charge in [-0.25, -0.2) is 0 Å². The summed E-state index contributed by atoms with van der Waals surface area (Å²) in [6.45, 7) is 4.42. The summed E-state index contributed by atoms with van der Waals surface area (Å²) in [6.07, 6.45) is 3.01. The van der Waals surface area contributed by atoms with Crippen LogP contribution in [0, 0.1) is 17.8 Å². The van der Waals surface area contributed by atoms with Crippen LogP contribution in [0.1, 0.15) is 33.1 Å². The molecule has 0 saturated heterocycles. The van der Waals surface area contributed by atoms with Crippen LogP contribution >= 0.6 is 0 Å². The molecule has 1 rings (SSSR count). The highest BCUT2D eigenvalue weighted by molar-refractivity contribution is 4.79. The van der Waals surface area contributed by atoms with Gasteiger partial charge in [-0.3, -0.25) is 0 Å². The first-order chi connectivity index (χ1) is 5.65. The normalized spacial score (nSPS) is 39.5. The molecule has 0 aromatic rings. The Bertz CT molecular complexity index is 136. The Morgan fingerprint density at radius 1 is 1.42 bits per heavy atom. The van der Waals surface area contributed by atoms with Crippen LogP contribution in [0.25, 0.3) is 0 Å². The number of aliphatic hydroxyl groups excluding tert-OH is 2. The van der Waals surface area contributed by atoms with Crippen molar-refractivity contribution in [2.45, 2.75) is 39.2 Å². The van der Waals surface area contributed by atoms with Gasteiger partial charge in [0.1, 0.15) is 0 Å². The van der Waals surface area contributed by atoms with E-state index in [0.717, 1.165) is 12.8 Å². The van der Waals surface area contributed by atoms with Gasteiger partial charge in [0.25, 0.3) is 0 Å². The fourth-order valence-electron chi connectivity index (χ4n) is 2.00. The molecule has 0 aromatic carbocycles. The van der Waals surface area contributed by atoms with Crippen LogP contribution in [0.3, 0.4) is 0 Å². The summed E-state index contributed by atoms with van der Waals surface area (Å²) in [7, 11) is 0. The van der Waals surface area contributed by atoms with Gasteiger partial charge in [0.15, 0.2) is 0 Å². The standard InChI is InChI=1S/C10H20O2/c1-7-3-4-9(5-10(7)12)8(2)6-11/h7-12H,3-6H2,1-2H3/t7-,8-,9+,10-/m1/s1. The Hall–Kier alpha value is -0.0800. The van der Waals surface area contributed by atoms with Crippen molar-refractivity contribution in [3.63, 3.8) is 0 Å². The highest BCUT2D eigenvalue weighted by Crippen LogP contribution is 2.33. The second-order valence-corrected chi connectivity index (χ2v) is 4.28. The molecule has 1 saturated carbocycles. The van der Waals surface area contributed by atoms with E-state index in [1.807, 2.05) is 0 Å². The minimum atomic E-state index is -0.141. The second-order valence-electron chi connectivity index (χ2n) is 4.28. The lowest BCUT2D eigenvalue weighted by atomic mass is 9.75. The van der Waals surface area contributed by atoms with Crippen molar-refractivity contribution in [1.29, 1.82) is 0 Å². The first-order valence-electron chi connectivity index (χ1n) is 4.94. The Morgan fingerprint density at radius 2 is 2.08 bits per heavy atom. The van der Waals surface area contributed by atoms with Crippen molar-refractivity contribution >= 4 is 0 Å².